The smallest absolute Gasteiger partial charge is 0.354 e. The summed E-state index contributed by atoms with van der Waals surface area (Å²) in [5.74, 6) is -2.09. The molecule has 0 unspecified atom stereocenters. The van der Waals surface area contributed by atoms with Crippen molar-refractivity contribution in [3.05, 3.63) is 199 Å². The first-order valence-corrected chi connectivity index (χ1v) is 21.1. The summed E-state index contributed by atoms with van der Waals surface area (Å²) in [6, 6.07) is 30.6. The topological polar surface area (TPSA) is 196 Å². The Labute approximate surface area is 385 Å². The molecule has 5 N–H and O–H groups in total. The van der Waals surface area contributed by atoms with E-state index in [1.807, 2.05) is 60.8 Å². The number of Topliss-reactive ketones (excluding diaryl/α,β-unsaturated/α-hetero) is 1. The molecule has 0 fully saturated rings. The molecule has 0 amide bonds. The number of carbonyl (C=O) groups is 5. The van der Waals surface area contributed by atoms with Gasteiger partial charge in [-0.2, -0.15) is 0 Å². The summed E-state index contributed by atoms with van der Waals surface area (Å²) in [4.78, 5) is 67.7. The van der Waals surface area contributed by atoms with E-state index in [2.05, 4.69) is 19.9 Å². The Hall–Kier alpha value is -6.80. The molecule has 0 radical (unpaired) electrons. The number of nitrogens with one attached hydrogen (secondary N) is 4. The van der Waals surface area contributed by atoms with E-state index < -0.39 is 11.9 Å². The Morgan fingerprint density at radius 3 is 1.31 bits per heavy atom. The maximum atomic E-state index is 12.1. The number of H-pyrrole nitrogens is 4. The van der Waals surface area contributed by atoms with Gasteiger partial charge in [0.25, 0.3) is 0 Å². The predicted octanol–water partition coefficient (Wildman–Crippen LogP) is 10.9. The van der Waals surface area contributed by atoms with Gasteiger partial charge in [0.1, 0.15) is 22.8 Å². The lowest BCUT2D eigenvalue weighted by atomic mass is 10.1. The van der Waals surface area contributed by atoms with Crippen molar-refractivity contribution in [3.63, 3.8) is 0 Å². The van der Waals surface area contributed by atoms with Gasteiger partial charge < -0.3 is 39.3 Å². The van der Waals surface area contributed by atoms with Gasteiger partial charge in [-0.1, -0.05) is 71.2 Å². The Morgan fingerprint density at radius 2 is 0.891 bits per heavy atom. The van der Waals surface area contributed by atoms with Crippen molar-refractivity contribution in [1.82, 2.24) is 19.9 Å². The Kier molecular flexibility index (Phi) is 20.2. The number of carboxylic acid groups (broad SMARTS) is 1. The van der Waals surface area contributed by atoms with Gasteiger partial charge in [-0.15, -0.1) is 0 Å². The van der Waals surface area contributed by atoms with E-state index in [1.54, 1.807) is 75.6 Å². The number of benzene rings is 3. The van der Waals surface area contributed by atoms with Crippen molar-refractivity contribution >= 4 is 64.5 Å². The second-order valence-corrected chi connectivity index (χ2v) is 14.8. The summed E-state index contributed by atoms with van der Waals surface area (Å²) < 4.78 is 14.5. The molecule has 0 aliphatic carbocycles. The zero-order valence-electron chi connectivity index (χ0n) is 35.2. The molecule has 0 saturated carbocycles. The van der Waals surface area contributed by atoms with Crippen LogP contribution in [0.3, 0.4) is 0 Å². The van der Waals surface area contributed by atoms with Crippen LogP contribution >= 0.6 is 34.8 Å². The van der Waals surface area contributed by atoms with E-state index in [0.717, 1.165) is 39.3 Å². The van der Waals surface area contributed by atoms with Crippen LogP contribution in [-0.2, 0) is 33.5 Å². The number of esters is 3. The highest BCUT2D eigenvalue weighted by atomic mass is 35.5. The third-order valence-corrected chi connectivity index (χ3v) is 9.48. The first-order valence-electron chi connectivity index (χ1n) is 20.0. The van der Waals surface area contributed by atoms with Crippen LogP contribution in [0.4, 0.5) is 0 Å². The highest BCUT2D eigenvalue weighted by Crippen LogP contribution is 2.17. The summed E-state index contributed by atoms with van der Waals surface area (Å²) in [6.45, 7) is 6.39. The van der Waals surface area contributed by atoms with Crippen molar-refractivity contribution < 1.29 is 43.3 Å². The molecule has 0 aliphatic rings. The van der Waals surface area contributed by atoms with Crippen molar-refractivity contribution in [2.24, 2.45) is 0 Å². The number of carbonyl (C=O) groups excluding carboxylic acids is 4. The van der Waals surface area contributed by atoms with Gasteiger partial charge in [0.15, 0.2) is 5.78 Å². The lowest BCUT2D eigenvalue weighted by Crippen LogP contribution is -2.05. The molecule has 4 heterocycles. The molecule has 16 heteroatoms. The molecular weight excluding hydrogens is 883 g/mol. The molecule has 7 aromatic rings. The van der Waals surface area contributed by atoms with Gasteiger partial charge in [-0.25, -0.2) is 19.2 Å². The number of ketones is 1. The second kappa shape index (κ2) is 26.0. The maximum absolute atomic E-state index is 12.1. The van der Waals surface area contributed by atoms with Crippen LogP contribution in [0.25, 0.3) is 0 Å². The van der Waals surface area contributed by atoms with Crippen molar-refractivity contribution in [3.8, 4) is 0 Å². The number of carboxylic acids is 1. The summed E-state index contributed by atoms with van der Waals surface area (Å²) >= 11 is 17.4. The van der Waals surface area contributed by atoms with E-state index in [1.165, 1.54) is 12.3 Å². The van der Waals surface area contributed by atoms with Gasteiger partial charge in [-0.05, 0) is 128 Å². The van der Waals surface area contributed by atoms with Gasteiger partial charge >= 0.3 is 23.9 Å². The van der Waals surface area contributed by atoms with Crippen LogP contribution in [0.2, 0.25) is 15.1 Å². The van der Waals surface area contributed by atoms with Gasteiger partial charge in [-0.3, -0.25) is 4.79 Å². The second-order valence-electron chi connectivity index (χ2n) is 13.5. The highest BCUT2D eigenvalue weighted by molar-refractivity contribution is 6.31. The lowest BCUT2D eigenvalue weighted by molar-refractivity contribution is 0.0511. The summed E-state index contributed by atoms with van der Waals surface area (Å²) in [7, 11) is 0. The molecule has 4 aromatic heterocycles. The normalized spacial score (nSPS) is 10.2. The SMILES string of the molecule is CCOC(=O)c1cc(C(=O)Cc2ccc(Cl)cc2)c[nH]1.CCOC(=O)c1cc(Cc2ccc(Cl)cc2)c[nH]1.CCOC(=O)c1ccc[nH]1.O=C(O)c1cc(Cc2ccc(Cl)cc2)c[nH]1. The Bertz CT molecular complexity index is 2540. The zero-order valence-corrected chi connectivity index (χ0v) is 37.5. The van der Waals surface area contributed by atoms with E-state index in [4.69, 9.17) is 54.1 Å². The first-order chi connectivity index (χ1) is 30.8. The number of ether oxygens (including phenoxy) is 3. The quantitative estimate of drug-likeness (QED) is 0.0400. The summed E-state index contributed by atoms with van der Waals surface area (Å²) in [5, 5.41) is 10.8. The molecule has 0 atom stereocenters. The van der Waals surface area contributed by atoms with Crippen molar-refractivity contribution in [1.29, 1.82) is 0 Å². The van der Waals surface area contributed by atoms with Crippen LogP contribution in [0.15, 0.2) is 128 Å². The maximum Gasteiger partial charge on any atom is 0.354 e. The van der Waals surface area contributed by atoms with Crippen molar-refractivity contribution in [2.75, 3.05) is 19.8 Å². The summed E-state index contributed by atoms with van der Waals surface area (Å²) in [5.41, 5.74) is 7.05. The number of rotatable bonds is 14. The van der Waals surface area contributed by atoms with Crippen LogP contribution in [0.5, 0.6) is 0 Å². The Morgan fingerprint density at radius 1 is 0.484 bits per heavy atom. The van der Waals surface area contributed by atoms with E-state index in [9.17, 15) is 24.0 Å². The standard InChI is InChI=1S/C15H14ClNO3.C14H14ClNO2.C12H10ClNO2.C7H9NO2/c1-2-20-15(19)13-8-11(9-17-13)14(18)7-10-3-5-12(16)6-4-10;1-2-18-14(17)13-8-11(9-16-13)7-10-3-5-12(15)6-4-10;13-10-3-1-8(2-4-10)5-9-6-11(12(15)16)14-7-9;1-2-10-7(9)6-4-3-5-8-6/h3-6,8-9,17H,2,7H2,1H3;3-6,8-9,16H,2,7H2,1H3;1-4,6-7,14H,5H2,(H,15,16);3-5,8H,2H2,1H3. The molecule has 334 valence electrons. The van der Waals surface area contributed by atoms with Gasteiger partial charge in [0, 0.05) is 51.8 Å². The minimum absolute atomic E-state index is 0.0703. The molecule has 0 saturated heterocycles. The molecule has 3 aromatic carbocycles. The van der Waals surface area contributed by atoms with Gasteiger partial charge in [0.2, 0.25) is 0 Å². The number of aromatic amines is 4. The van der Waals surface area contributed by atoms with Crippen LogP contribution in [0.1, 0.15) is 101 Å². The van der Waals surface area contributed by atoms with E-state index in [-0.39, 0.29) is 35.5 Å². The van der Waals surface area contributed by atoms with E-state index in [0.29, 0.717) is 53.2 Å². The van der Waals surface area contributed by atoms with Crippen molar-refractivity contribution in [2.45, 2.75) is 40.0 Å². The lowest BCUT2D eigenvalue weighted by Gasteiger charge is -1.99. The molecule has 0 aliphatic heterocycles. The fraction of sp³-hybridized carbons (Fsp3) is 0.188. The van der Waals surface area contributed by atoms with Crippen LogP contribution in [0, 0.1) is 0 Å². The molecule has 0 spiro atoms. The average Bonchev–Trinajstić information content (AvgIpc) is 4.13. The summed E-state index contributed by atoms with van der Waals surface area (Å²) in [6.07, 6.45) is 8.45. The minimum atomic E-state index is -0.942. The number of aromatic nitrogens is 4. The molecule has 7 rings (SSSR count). The fourth-order valence-corrected chi connectivity index (χ4v) is 6.02. The predicted molar refractivity (Wildman–Crippen MR) is 246 cm³/mol. The molecule has 0 bridgehead atoms. The highest BCUT2D eigenvalue weighted by Gasteiger charge is 2.15. The first kappa shape index (κ1) is 49.9. The molecule has 13 nitrogen and oxygen atoms in total. The Balaban J connectivity index is 0.000000192. The van der Waals surface area contributed by atoms with Gasteiger partial charge in [0.05, 0.1) is 19.8 Å². The largest absolute Gasteiger partial charge is 0.477 e. The molecule has 64 heavy (non-hydrogen) atoms. The minimum Gasteiger partial charge on any atom is -0.477 e. The van der Waals surface area contributed by atoms with Crippen LogP contribution < -0.4 is 0 Å². The third-order valence-electron chi connectivity index (χ3n) is 8.73. The monoisotopic (exact) mass is 928 g/mol. The van der Waals surface area contributed by atoms with E-state index >= 15 is 0 Å². The number of hydrogen-bond acceptors (Lipinski definition) is 8. The number of aromatic carboxylic acids is 1. The number of hydrogen-bond donors (Lipinski definition) is 5. The third kappa shape index (κ3) is 16.8. The number of halogens is 3. The fourth-order valence-electron chi connectivity index (χ4n) is 5.65. The van der Waals surface area contributed by atoms with Crippen LogP contribution in [-0.4, -0.2) is 74.5 Å². The zero-order chi connectivity index (χ0) is 46.4. The average molecular weight is 930 g/mol. The molecular formula is C48H47Cl3N4O9.